The van der Waals surface area contributed by atoms with Gasteiger partial charge < -0.3 is 19.7 Å². The van der Waals surface area contributed by atoms with Crippen LogP contribution in [0.15, 0.2) is 48.7 Å². The van der Waals surface area contributed by atoms with Crippen LogP contribution < -0.4 is 15.0 Å². The molecule has 1 aromatic carbocycles. The number of hydrogen-bond donors (Lipinski definition) is 1. The van der Waals surface area contributed by atoms with Crippen LogP contribution in [0.2, 0.25) is 0 Å². The number of nitrogens with zero attached hydrogens (tertiary/aromatic N) is 2. The van der Waals surface area contributed by atoms with Gasteiger partial charge in [-0.15, -0.1) is 0 Å². The number of anilines is 1. The SMILES string of the molecule is O=C(NCC1CC(=O)N(c2ccccc2)C1)c1ccc(OC2CCOC2)nc1. The second kappa shape index (κ2) is 8.39. The summed E-state index contributed by atoms with van der Waals surface area (Å²) in [5.41, 5.74) is 1.37. The van der Waals surface area contributed by atoms with Crippen LogP contribution in [0, 0.1) is 5.92 Å². The molecule has 1 aromatic heterocycles. The Hall–Kier alpha value is -2.93. The molecule has 0 bridgehead atoms. The molecule has 7 heteroatoms. The van der Waals surface area contributed by atoms with Gasteiger partial charge in [-0.1, -0.05) is 18.2 Å². The van der Waals surface area contributed by atoms with Crippen molar-refractivity contribution in [3.63, 3.8) is 0 Å². The van der Waals surface area contributed by atoms with Crippen molar-refractivity contribution in [1.82, 2.24) is 10.3 Å². The molecule has 2 fully saturated rings. The van der Waals surface area contributed by atoms with E-state index in [2.05, 4.69) is 10.3 Å². The number of carbonyl (C=O) groups excluding carboxylic acids is 2. The maximum atomic E-state index is 12.4. The summed E-state index contributed by atoms with van der Waals surface area (Å²) in [7, 11) is 0. The van der Waals surface area contributed by atoms with Gasteiger partial charge in [0.2, 0.25) is 11.8 Å². The summed E-state index contributed by atoms with van der Waals surface area (Å²) >= 11 is 0. The number of benzene rings is 1. The van der Waals surface area contributed by atoms with Crippen LogP contribution in [-0.2, 0) is 9.53 Å². The van der Waals surface area contributed by atoms with Crippen molar-refractivity contribution in [3.05, 3.63) is 54.2 Å². The Labute approximate surface area is 163 Å². The van der Waals surface area contributed by atoms with Gasteiger partial charge in [-0.2, -0.15) is 0 Å². The van der Waals surface area contributed by atoms with Gasteiger partial charge in [0.1, 0.15) is 6.10 Å². The minimum Gasteiger partial charge on any atom is -0.472 e. The van der Waals surface area contributed by atoms with Crippen LogP contribution in [0.25, 0.3) is 0 Å². The third-order valence-electron chi connectivity index (χ3n) is 5.00. The fourth-order valence-electron chi connectivity index (χ4n) is 3.48. The van der Waals surface area contributed by atoms with Gasteiger partial charge in [0, 0.05) is 49.8 Å². The molecule has 4 rings (SSSR count). The van der Waals surface area contributed by atoms with Crippen molar-refractivity contribution in [2.45, 2.75) is 18.9 Å². The molecule has 2 unspecified atom stereocenters. The molecular formula is C21H23N3O4. The van der Waals surface area contributed by atoms with Gasteiger partial charge in [0.25, 0.3) is 5.91 Å². The van der Waals surface area contributed by atoms with E-state index in [-0.39, 0.29) is 23.8 Å². The van der Waals surface area contributed by atoms with Crippen LogP contribution in [0.1, 0.15) is 23.2 Å². The fourth-order valence-corrected chi connectivity index (χ4v) is 3.48. The molecule has 0 saturated carbocycles. The zero-order chi connectivity index (χ0) is 19.3. The number of para-hydroxylation sites is 1. The summed E-state index contributed by atoms with van der Waals surface area (Å²) in [5, 5.41) is 2.91. The van der Waals surface area contributed by atoms with E-state index in [0.717, 1.165) is 12.1 Å². The predicted molar refractivity (Wildman–Crippen MR) is 103 cm³/mol. The normalized spacial score (nSPS) is 21.7. The number of ether oxygens (including phenoxy) is 2. The number of rotatable bonds is 6. The lowest BCUT2D eigenvalue weighted by molar-refractivity contribution is -0.117. The molecule has 2 saturated heterocycles. The van der Waals surface area contributed by atoms with E-state index >= 15 is 0 Å². The Bertz CT molecular complexity index is 819. The Kier molecular flexibility index (Phi) is 5.53. The van der Waals surface area contributed by atoms with Crippen molar-refractivity contribution in [2.24, 2.45) is 5.92 Å². The van der Waals surface area contributed by atoms with E-state index in [9.17, 15) is 9.59 Å². The van der Waals surface area contributed by atoms with E-state index in [1.165, 1.54) is 6.20 Å². The average molecular weight is 381 g/mol. The molecule has 2 atom stereocenters. The molecule has 28 heavy (non-hydrogen) atoms. The minimum atomic E-state index is -0.200. The second-order valence-electron chi connectivity index (χ2n) is 7.11. The van der Waals surface area contributed by atoms with E-state index in [0.29, 0.717) is 44.2 Å². The lowest BCUT2D eigenvalue weighted by Crippen LogP contribution is -2.31. The van der Waals surface area contributed by atoms with Crippen LogP contribution in [0.4, 0.5) is 5.69 Å². The Morgan fingerprint density at radius 1 is 1.25 bits per heavy atom. The highest BCUT2D eigenvalue weighted by atomic mass is 16.5. The fraction of sp³-hybridized carbons (Fsp3) is 0.381. The Morgan fingerprint density at radius 2 is 2.11 bits per heavy atom. The molecule has 0 radical (unpaired) electrons. The summed E-state index contributed by atoms with van der Waals surface area (Å²) < 4.78 is 11.0. The van der Waals surface area contributed by atoms with Gasteiger partial charge in [-0.25, -0.2) is 4.98 Å². The number of nitrogens with one attached hydrogen (secondary N) is 1. The van der Waals surface area contributed by atoms with Gasteiger partial charge in [0.05, 0.1) is 18.8 Å². The van der Waals surface area contributed by atoms with E-state index in [1.54, 1.807) is 17.0 Å². The molecule has 0 spiro atoms. The third-order valence-corrected chi connectivity index (χ3v) is 5.00. The standard InChI is InChI=1S/C21H23N3O4/c25-20-10-15(13-24(20)17-4-2-1-3-5-17)11-23-21(26)16-6-7-19(22-12-16)28-18-8-9-27-14-18/h1-7,12,15,18H,8-11,13-14H2,(H,23,26). The first kappa shape index (κ1) is 18.4. The first-order valence-electron chi connectivity index (χ1n) is 9.53. The van der Waals surface area contributed by atoms with E-state index in [4.69, 9.17) is 9.47 Å². The molecule has 146 valence electrons. The summed E-state index contributed by atoms with van der Waals surface area (Å²) in [6.45, 7) is 2.34. The summed E-state index contributed by atoms with van der Waals surface area (Å²) in [4.78, 5) is 30.6. The predicted octanol–water partition coefficient (Wildman–Crippen LogP) is 2.03. The van der Waals surface area contributed by atoms with Crippen LogP contribution in [0.5, 0.6) is 5.88 Å². The van der Waals surface area contributed by atoms with Crippen LogP contribution in [0.3, 0.4) is 0 Å². The number of aromatic nitrogens is 1. The number of hydrogen-bond acceptors (Lipinski definition) is 5. The molecule has 7 nitrogen and oxygen atoms in total. The lowest BCUT2D eigenvalue weighted by atomic mass is 10.1. The molecule has 2 aliphatic heterocycles. The number of amides is 2. The summed E-state index contributed by atoms with van der Waals surface area (Å²) in [6.07, 6.45) is 2.82. The average Bonchev–Trinajstić information content (AvgIpc) is 3.37. The molecule has 2 amide bonds. The molecule has 1 N–H and O–H groups in total. The largest absolute Gasteiger partial charge is 0.472 e. The summed E-state index contributed by atoms with van der Waals surface area (Å²) in [5.74, 6) is 0.472. The zero-order valence-electron chi connectivity index (χ0n) is 15.5. The van der Waals surface area contributed by atoms with E-state index < -0.39 is 0 Å². The maximum Gasteiger partial charge on any atom is 0.252 e. The monoisotopic (exact) mass is 381 g/mol. The Morgan fingerprint density at radius 3 is 2.82 bits per heavy atom. The highest BCUT2D eigenvalue weighted by Gasteiger charge is 2.30. The van der Waals surface area contributed by atoms with Crippen LogP contribution >= 0.6 is 0 Å². The molecule has 2 aromatic rings. The van der Waals surface area contributed by atoms with Gasteiger partial charge in [0.15, 0.2) is 0 Å². The van der Waals surface area contributed by atoms with Gasteiger partial charge in [-0.3, -0.25) is 9.59 Å². The first-order chi connectivity index (χ1) is 13.7. The topological polar surface area (TPSA) is 80.8 Å². The van der Waals surface area contributed by atoms with Crippen LogP contribution in [-0.4, -0.2) is 49.2 Å². The van der Waals surface area contributed by atoms with Gasteiger partial charge >= 0.3 is 0 Å². The second-order valence-corrected chi connectivity index (χ2v) is 7.11. The van der Waals surface area contributed by atoms with Gasteiger partial charge in [-0.05, 0) is 18.2 Å². The van der Waals surface area contributed by atoms with Crippen molar-refractivity contribution in [3.8, 4) is 5.88 Å². The lowest BCUT2D eigenvalue weighted by Gasteiger charge is -2.17. The highest BCUT2D eigenvalue weighted by molar-refractivity contribution is 5.96. The molecule has 3 heterocycles. The van der Waals surface area contributed by atoms with Crippen molar-refractivity contribution < 1.29 is 19.1 Å². The van der Waals surface area contributed by atoms with Crippen molar-refractivity contribution in [1.29, 1.82) is 0 Å². The number of carbonyl (C=O) groups is 2. The highest BCUT2D eigenvalue weighted by Crippen LogP contribution is 2.24. The maximum absolute atomic E-state index is 12.4. The Balaban J connectivity index is 1.28. The first-order valence-corrected chi connectivity index (χ1v) is 9.53. The smallest absolute Gasteiger partial charge is 0.252 e. The minimum absolute atomic E-state index is 0.0274. The number of pyridine rings is 1. The molecular weight excluding hydrogens is 358 g/mol. The van der Waals surface area contributed by atoms with E-state index in [1.807, 2.05) is 30.3 Å². The molecule has 0 aliphatic carbocycles. The molecule has 2 aliphatic rings. The van der Waals surface area contributed by atoms with Crippen molar-refractivity contribution >= 4 is 17.5 Å². The third kappa shape index (κ3) is 4.31. The van der Waals surface area contributed by atoms with Crippen molar-refractivity contribution in [2.75, 3.05) is 31.2 Å². The quantitative estimate of drug-likeness (QED) is 0.828. The zero-order valence-corrected chi connectivity index (χ0v) is 15.5. The summed E-state index contributed by atoms with van der Waals surface area (Å²) in [6, 6.07) is 13.0.